The number of furan rings is 1. The Morgan fingerprint density at radius 3 is 2.75 bits per heavy atom. The Bertz CT molecular complexity index is 1290. The number of nitrogens with zero attached hydrogens (tertiary/aromatic N) is 2. The molecule has 2 N–H and O–H groups in total. The van der Waals surface area contributed by atoms with Gasteiger partial charge >= 0.3 is 0 Å². The Balaban J connectivity index is 1.34. The number of ketones is 1. The molecule has 32 heavy (non-hydrogen) atoms. The molecule has 1 aliphatic heterocycles. The van der Waals surface area contributed by atoms with Crippen molar-refractivity contribution in [2.75, 3.05) is 10.6 Å². The summed E-state index contributed by atoms with van der Waals surface area (Å²) in [5, 5.41) is 6.23. The summed E-state index contributed by atoms with van der Waals surface area (Å²) in [4.78, 5) is 30.2. The summed E-state index contributed by atoms with van der Waals surface area (Å²) in [6.07, 6.45) is 5.41. The lowest BCUT2D eigenvalue weighted by Crippen LogP contribution is -2.23. The van der Waals surface area contributed by atoms with E-state index in [1.54, 1.807) is 42.8 Å². The minimum atomic E-state index is -0.599. The van der Waals surface area contributed by atoms with Crippen molar-refractivity contribution in [2.24, 2.45) is 0 Å². The molecule has 1 aliphatic rings. The molecule has 1 amide bonds. The van der Waals surface area contributed by atoms with E-state index in [9.17, 15) is 9.59 Å². The van der Waals surface area contributed by atoms with Crippen molar-refractivity contribution in [3.8, 4) is 0 Å². The van der Waals surface area contributed by atoms with E-state index in [0.29, 0.717) is 23.6 Å². The van der Waals surface area contributed by atoms with Gasteiger partial charge < -0.3 is 19.6 Å². The summed E-state index contributed by atoms with van der Waals surface area (Å²) in [6, 6.07) is 16.1. The lowest BCUT2D eigenvalue weighted by Gasteiger charge is -2.17. The highest BCUT2D eigenvalue weighted by atomic mass is 16.3. The third-order valence-electron chi connectivity index (χ3n) is 5.70. The largest absolute Gasteiger partial charge is 0.469 e. The Hall–Kier alpha value is -4.13. The van der Waals surface area contributed by atoms with Crippen molar-refractivity contribution in [3.63, 3.8) is 0 Å². The van der Waals surface area contributed by atoms with Gasteiger partial charge in [-0.3, -0.25) is 9.59 Å². The van der Waals surface area contributed by atoms with Crippen LogP contribution in [0.1, 0.15) is 39.1 Å². The van der Waals surface area contributed by atoms with E-state index in [4.69, 9.17) is 4.42 Å². The van der Waals surface area contributed by atoms with Gasteiger partial charge in [0, 0.05) is 34.9 Å². The van der Waals surface area contributed by atoms with Crippen molar-refractivity contribution in [3.05, 3.63) is 102 Å². The molecule has 5 rings (SSSR count). The van der Waals surface area contributed by atoms with Crippen molar-refractivity contribution >= 4 is 23.1 Å². The number of aromatic nitrogens is 2. The van der Waals surface area contributed by atoms with Crippen molar-refractivity contribution in [1.29, 1.82) is 0 Å². The average Bonchev–Trinajstić information content (AvgIpc) is 3.38. The molecular weight excluding hydrogens is 404 g/mol. The number of aryl methyl sites for hydroxylation is 1. The van der Waals surface area contributed by atoms with Crippen LogP contribution in [0.4, 0.5) is 11.4 Å². The first kappa shape index (κ1) is 19.8. The molecule has 0 bridgehead atoms. The zero-order valence-corrected chi connectivity index (χ0v) is 17.5. The first-order valence-electron chi connectivity index (χ1n) is 10.4. The Morgan fingerprint density at radius 2 is 1.97 bits per heavy atom. The number of carbonyl (C=O) groups excluding carboxylic acids is 2. The summed E-state index contributed by atoms with van der Waals surface area (Å²) >= 11 is 0. The van der Waals surface area contributed by atoms with Gasteiger partial charge in [0.25, 0.3) is 0 Å². The fourth-order valence-corrected chi connectivity index (χ4v) is 3.96. The van der Waals surface area contributed by atoms with Crippen LogP contribution in [0.25, 0.3) is 0 Å². The van der Waals surface area contributed by atoms with E-state index < -0.39 is 6.04 Å². The van der Waals surface area contributed by atoms with Crippen LogP contribution in [-0.4, -0.2) is 21.2 Å². The molecule has 4 aromatic rings. The minimum absolute atomic E-state index is 0.0824. The Labute approximate surface area is 185 Å². The van der Waals surface area contributed by atoms with E-state index in [1.807, 2.05) is 42.0 Å². The predicted molar refractivity (Wildman–Crippen MR) is 121 cm³/mol. The van der Waals surface area contributed by atoms with Gasteiger partial charge in [0.15, 0.2) is 5.78 Å². The molecule has 0 saturated heterocycles. The van der Waals surface area contributed by atoms with E-state index in [1.165, 1.54) is 0 Å². The first-order valence-corrected chi connectivity index (χ1v) is 10.4. The fraction of sp³-hybridized carbons (Fsp3) is 0.160. The van der Waals surface area contributed by atoms with Gasteiger partial charge in [0.1, 0.15) is 17.6 Å². The van der Waals surface area contributed by atoms with Crippen LogP contribution in [0.5, 0.6) is 0 Å². The number of hydrogen-bond donors (Lipinski definition) is 2. The lowest BCUT2D eigenvalue weighted by atomic mass is 10.0. The molecule has 1 atom stereocenters. The number of fused-ring (bicyclic) bond motifs is 2. The van der Waals surface area contributed by atoms with E-state index >= 15 is 0 Å². The third-order valence-corrected chi connectivity index (χ3v) is 5.70. The summed E-state index contributed by atoms with van der Waals surface area (Å²) in [7, 11) is 0. The SMILES string of the molecule is Cc1occc1CC(=O)Nc1ccc(C(=O)C2Nc3ccccc3Cn3ccnc32)cc1. The Morgan fingerprint density at radius 1 is 1.16 bits per heavy atom. The van der Waals surface area contributed by atoms with Crippen molar-refractivity contribution in [2.45, 2.75) is 25.9 Å². The second kappa shape index (κ2) is 8.19. The molecule has 160 valence electrons. The predicted octanol–water partition coefficient (Wildman–Crippen LogP) is 4.36. The minimum Gasteiger partial charge on any atom is -0.469 e. The molecular formula is C25H22N4O3. The van der Waals surface area contributed by atoms with Crippen LogP contribution >= 0.6 is 0 Å². The second-order valence-electron chi connectivity index (χ2n) is 7.82. The molecule has 0 spiro atoms. The summed E-state index contributed by atoms with van der Waals surface area (Å²) in [5.41, 5.74) is 4.06. The van der Waals surface area contributed by atoms with Gasteiger partial charge in [-0.2, -0.15) is 0 Å². The van der Waals surface area contributed by atoms with Crippen LogP contribution in [0, 0.1) is 6.92 Å². The molecule has 2 aromatic heterocycles. The highest BCUT2D eigenvalue weighted by molar-refractivity contribution is 6.02. The number of hydrogen-bond acceptors (Lipinski definition) is 5. The number of benzene rings is 2. The van der Waals surface area contributed by atoms with E-state index in [-0.39, 0.29) is 18.1 Å². The number of anilines is 2. The van der Waals surface area contributed by atoms with Gasteiger partial charge in [-0.15, -0.1) is 0 Å². The maximum Gasteiger partial charge on any atom is 0.228 e. The zero-order valence-electron chi connectivity index (χ0n) is 17.5. The molecule has 0 fully saturated rings. The average molecular weight is 426 g/mol. The van der Waals surface area contributed by atoms with Crippen LogP contribution in [0.15, 0.2) is 77.7 Å². The fourth-order valence-electron chi connectivity index (χ4n) is 3.96. The van der Waals surface area contributed by atoms with Crippen molar-refractivity contribution < 1.29 is 14.0 Å². The van der Waals surface area contributed by atoms with Crippen LogP contribution in [-0.2, 0) is 17.8 Å². The van der Waals surface area contributed by atoms with Crippen LogP contribution in [0.2, 0.25) is 0 Å². The first-order chi connectivity index (χ1) is 15.6. The Kier molecular flexibility index (Phi) is 5.07. The quantitative estimate of drug-likeness (QED) is 0.463. The zero-order chi connectivity index (χ0) is 22.1. The molecule has 0 aliphatic carbocycles. The molecule has 7 heteroatoms. The number of amides is 1. The second-order valence-corrected chi connectivity index (χ2v) is 7.82. The van der Waals surface area contributed by atoms with Gasteiger partial charge in [0.05, 0.1) is 19.2 Å². The van der Waals surface area contributed by atoms with Gasteiger partial charge in [-0.1, -0.05) is 18.2 Å². The smallest absolute Gasteiger partial charge is 0.228 e. The number of carbonyl (C=O) groups is 2. The number of nitrogens with one attached hydrogen (secondary N) is 2. The van der Waals surface area contributed by atoms with Gasteiger partial charge in [-0.05, 0) is 48.9 Å². The van der Waals surface area contributed by atoms with Crippen LogP contribution < -0.4 is 10.6 Å². The topological polar surface area (TPSA) is 89.2 Å². The highest BCUT2D eigenvalue weighted by Crippen LogP contribution is 2.30. The number of imidazole rings is 1. The number of Topliss-reactive ketones (excluding diaryl/α,β-unsaturated/α-hetero) is 1. The van der Waals surface area contributed by atoms with Crippen LogP contribution in [0.3, 0.4) is 0 Å². The standard InChI is InChI=1S/C25H22N4O3/c1-16-18(10-13-32-16)14-22(30)27-20-8-6-17(7-9-20)24(31)23-25-26-11-12-29(25)15-19-4-2-3-5-21(19)28-23/h2-13,23,28H,14-15H2,1H3,(H,27,30). The summed E-state index contributed by atoms with van der Waals surface area (Å²) in [6.45, 7) is 2.48. The monoisotopic (exact) mass is 426 g/mol. The molecule has 1 unspecified atom stereocenters. The third kappa shape index (κ3) is 3.80. The summed E-state index contributed by atoms with van der Waals surface area (Å²) in [5.74, 6) is 1.19. The molecule has 7 nitrogen and oxygen atoms in total. The normalized spacial score (nSPS) is 14.6. The molecule has 0 radical (unpaired) electrons. The maximum atomic E-state index is 13.4. The lowest BCUT2D eigenvalue weighted by molar-refractivity contribution is -0.115. The van der Waals surface area contributed by atoms with E-state index in [2.05, 4.69) is 15.6 Å². The molecule has 0 saturated carbocycles. The maximum absolute atomic E-state index is 13.4. The number of rotatable bonds is 5. The molecule has 2 aromatic carbocycles. The summed E-state index contributed by atoms with van der Waals surface area (Å²) < 4.78 is 7.23. The highest BCUT2D eigenvalue weighted by Gasteiger charge is 2.29. The van der Waals surface area contributed by atoms with Crippen molar-refractivity contribution in [1.82, 2.24) is 9.55 Å². The van der Waals surface area contributed by atoms with Gasteiger partial charge in [0.2, 0.25) is 5.91 Å². The van der Waals surface area contributed by atoms with Gasteiger partial charge in [-0.25, -0.2) is 4.98 Å². The molecule has 3 heterocycles. The number of para-hydroxylation sites is 1. The van der Waals surface area contributed by atoms with E-state index in [0.717, 1.165) is 22.6 Å².